The molecule has 3 aromatic rings. The number of para-hydroxylation sites is 1. The van der Waals surface area contributed by atoms with Gasteiger partial charge in [-0.2, -0.15) is 0 Å². The van der Waals surface area contributed by atoms with E-state index in [-0.39, 0.29) is 10.6 Å². The minimum atomic E-state index is -1.05. The topological polar surface area (TPSA) is 66.0 Å². The predicted octanol–water partition coefficient (Wildman–Crippen LogP) is 3.72. The normalized spacial score (nSPS) is 10.9. The second kappa shape index (κ2) is 4.61. The molecule has 0 saturated carbocycles. The highest BCUT2D eigenvalue weighted by Gasteiger charge is 2.13. The van der Waals surface area contributed by atoms with Crippen LogP contribution >= 0.6 is 11.6 Å². The van der Waals surface area contributed by atoms with Crippen molar-refractivity contribution in [3.63, 3.8) is 0 Å². The highest BCUT2D eigenvalue weighted by molar-refractivity contribution is 6.31. The summed E-state index contributed by atoms with van der Waals surface area (Å²) in [6.07, 6.45) is 0. The Hall–Kier alpha value is -2.40. The van der Waals surface area contributed by atoms with Gasteiger partial charge in [0.1, 0.15) is 17.2 Å². The molecular weight excluding hydrogens is 283 g/mol. The number of H-pyrrole nitrogens is 1. The van der Waals surface area contributed by atoms with Gasteiger partial charge < -0.3 is 10.1 Å². The van der Waals surface area contributed by atoms with Crippen molar-refractivity contribution in [1.29, 1.82) is 0 Å². The number of carboxylic acid groups (broad SMARTS) is 1. The summed E-state index contributed by atoms with van der Waals surface area (Å²) >= 11 is 5.73. The highest BCUT2D eigenvalue weighted by atomic mass is 35.5. The van der Waals surface area contributed by atoms with E-state index in [4.69, 9.17) is 16.7 Å². The van der Waals surface area contributed by atoms with Crippen molar-refractivity contribution in [3.05, 3.63) is 52.8 Å². The lowest BCUT2D eigenvalue weighted by atomic mass is 10.2. The molecule has 6 heteroatoms. The molecule has 0 fully saturated rings. The Morgan fingerprint density at radius 3 is 2.80 bits per heavy atom. The maximum atomic E-state index is 13.1. The predicted molar refractivity (Wildman–Crippen MR) is 73.5 cm³/mol. The first-order valence-electron chi connectivity index (χ1n) is 5.73. The molecule has 3 rings (SSSR count). The molecule has 2 aromatic carbocycles. The van der Waals surface area contributed by atoms with Crippen molar-refractivity contribution >= 4 is 28.6 Å². The number of imidazole rings is 1. The van der Waals surface area contributed by atoms with E-state index in [2.05, 4.69) is 9.97 Å². The van der Waals surface area contributed by atoms with E-state index >= 15 is 0 Å². The van der Waals surface area contributed by atoms with Crippen molar-refractivity contribution in [2.24, 2.45) is 0 Å². The van der Waals surface area contributed by atoms with Crippen LogP contribution in [0.5, 0.6) is 0 Å². The van der Waals surface area contributed by atoms with Crippen molar-refractivity contribution in [2.75, 3.05) is 0 Å². The van der Waals surface area contributed by atoms with Crippen molar-refractivity contribution < 1.29 is 14.3 Å². The van der Waals surface area contributed by atoms with Crippen LogP contribution in [-0.2, 0) is 0 Å². The zero-order chi connectivity index (χ0) is 14.3. The van der Waals surface area contributed by atoms with E-state index in [9.17, 15) is 9.18 Å². The number of aromatic nitrogens is 2. The first-order chi connectivity index (χ1) is 9.56. The number of benzene rings is 2. The second-order valence-electron chi connectivity index (χ2n) is 4.22. The van der Waals surface area contributed by atoms with Gasteiger partial charge in [-0.05, 0) is 30.3 Å². The second-order valence-corrected chi connectivity index (χ2v) is 4.63. The van der Waals surface area contributed by atoms with Crippen molar-refractivity contribution in [1.82, 2.24) is 9.97 Å². The molecule has 0 amide bonds. The van der Waals surface area contributed by atoms with Gasteiger partial charge in [0.05, 0.1) is 16.1 Å². The summed E-state index contributed by atoms with van der Waals surface area (Å²) in [5, 5.41) is 9.11. The van der Waals surface area contributed by atoms with Gasteiger partial charge in [0.25, 0.3) is 0 Å². The Morgan fingerprint density at radius 1 is 1.30 bits per heavy atom. The molecular formula is C14H8ClFN2O2. The van der Waals surface area contributed by atoms with Gasteiger partial charge in [-0.1, -0.05) is 17.7 Å². The number of hydrogen-bond donors (Lipinski definition) is 2. The summed E-state index contributed by atoms with van der Waals surface area (Å²) in [5.41, 5.74) is 1.65. The third-order valence-corrected chi connectivity index (χ3v) is 3.23. The number of aromatic carboxylic acids is 1. The monoisotopic (exact) mass is 290 g/mol. The maximum Gasteiger partial charge on any atom is 0.337 e. The average Bonchev–Trinajstić information content (AvgIpc) is 2.85. The van der Waals surface area contributed by atoms with Gasteiger partial charge in [0, 0.05) is 5.56 Å². The Bertz CT molecular complexity index is 829. The van der Waals surface area contributed by atoms with Gasteiger partial charge in [-0.25, -0.2) is 14.2 Å². The standard InChI is InChI=1S/C14H8ClFN2O2/c15-9-6-7(4-5-10(9)16)13-17-11-3-1-2-8(14(19)20)12(11)18-13/h1-6H,(H,17,18)(H,19,20). The van der Waals surface area contributed by atoms with Crippen molar-refractivity contribution in [2.45, 2.75) is 0 Å². The SMILES string of the molecule is O=C(O)c1cccc2[nH]c(-c3ccc(F)c(Cl)c3)nc12. The number of nitrogens with zero attached hydrogens (tertiary/aromatic N) is 1. The molecule has 1 aromatic heterocycles. The molecule has 0 spiro atoms. The zero-order valence-electron chi connectivity index (χ0n) is 10.0. The van der Waals surface area contributed by atoms with Crippen LogP contribution in [0.25, 0.3) is 22.4 Å². The van der Waals surface area contributed by atoms with Crippen LogP contribution in [0.1, 0.15) is 10.4 Å². The van der Waals surface area contributed by atoms with Gasteiger partial charge in [0.15, 0.2) is 0 Å². The van der Waals surface area contributed by atoms with E-state index < -0.39 is 11.8 Å². The van der Waals surface area contributed by atoms with Crippen LogP contribution < -0.4 is 0 Å². The summed E-state index contributed by atoms with van der Waals surface area (Å²) in [6, 6.07) is 9.04. The molecule has 0 atom stereocenters. The van der Waals surface area contributed by atoms with E-state index in [0.29, 0.717) is 22.4 Å². The molecule has 20 heavy (non-hydrogen) atoms. The van der Waals surface area contributed by atoms with Crippen LogP contribution in [0.2, 0.25) is 5.02 Å². The number of carboxylic acids is 1. The van der Waals surface area contributed by atoms with E-state index in [1.165, 1.54) is 24.3 Å². The minimum Gasteiger partial charge on any atom is -0.478 e. The average molecular weight is 291 g/mol. The number of nitrogens with one attached hydrogen (secondary N) is 1. The lowest BCUT2D eigenvalue weighted by Crippen LogP contribution is -1.96. The molecule has 4 nitrogen and oxygen atoms in total. The van der Waals surface area contributed by atoms with Crippen LogP contribution in [0.4, 0.5) is 4.39 Å². The molecule has 0 aliphatic heterocycles. The van der Waals surface area contributed by atoms with Crippen LogP contribution in [-0.4, -0.2) is 21.0 Å². The lowest BCUT2D eigenvalue weighted by molar-refractivity contribution is 0.0699. The summed E-state index contributed by atoms with van der Waals surface area (Å²) in [4.78, 5) is 18.4. The molecule has 0 radical (unpaired) electrons. The fourth-order valence-corrected chi connectivity index (χ4v) is 2.17. The van der Waals surface area contributed by atoms with Gasteiger partial charge in [0.2, 0.25) is 0 Å². The third-order valence-electron chi connectivity index (χ3n) is 2.94. The summed E-state index contributed by atoms with van der Waals surface area (Å²) in [5.74, 6) is -1.13. The number of rotatable bonds is 2. The Balaban J connectivity index is 2.20. The summed E-state index contributed by atoms with van der Waals surface area (Å²) in [7, 11) is 0. The fraction of sp³-hybridized carbons (Fsp3) is 0. The van der Waals surface area contributed by atoms with E-state index in [1.807, 2.05) is 0 Å². The zero-order valence-corrected chi connectivity index (χ0v) is 10.8. The number of aromatic amines is 1. The van der Waals surface area contributed by atoms with Gasteiger partial charge >= 0.3 is 5.97 Å². The smallest absolute Gasteiger partial charge is 0.337 e. The highest BCUT2D eigenvalue weighted by Crippen LogP contribution is 2.26. The molecule has 0 aliphatic carbocycles. The number of hydrogen-bond acceptors (Lipinski definition) is 2. The van der Waals surface area contributed by atoms with E-state index in [0.717, 1.165) is 0 Å². The summed E-state index contributed by atoms with van der Waals surface area (Å²) < 4.78 is 13.1. The summed E-state index contributed by atoms with van der Waals surface area (Å²) in [6.45, 7) is 0. The third kappa shape index (κ3) is 2.02. The van der Waals surface area contributed by atoms with Crippen LogP contribution in [0.15, 0.2) is 36.4 Å². The quantitative estimate of drug-likeness (QED) is 0.756. The number of carbonyl (C=O) groups is 1. The largest absolute Gasteiger partial charge is 0.478 e. The molecule has 2 N–H and O–H groups in total. The number of fused-ring (bicyclic) bond motifs is 1. The molecule has 0 aliphatic rings. The van der Waals surface area contributed by atoms with E-state index in [1.54, 1.807) is 12.1 Å². The fourth-order valence-electron chi connectivity index (χ4n) is 1.98. The van der Waals surface area contributed by atoms with Gasteiger partial charge in [-0.3, -0.25) is 0 Å². The number of halogens is 2. The van der Waals surface area contributed by atoms with Crippen LogP contribution in [0.3, 0.4) is 0 Å². The minimum absolute atomic E-state index is 0.0126. The Morgan fingerprint density at radius 2 is 2.10 bits per heavy atom. The maximum absolute atomic E-state index is 13.1. The van der Waals surface area contributed by atoms with Crippen LogP contribution in [0, 0.1) is 5.82 Å². The first kappa shape index (κ1) is 12.6. The van der Waals surface area contributed by atoms with Crippen molar-refractivity contribution in [3.8, 4) is 11.4 Å². The Kier molecular flexibility index (Phi) is 2.91. The Labute approximate surface area is 117 Å². The molecule has 100 valence electrons. The lowest BCUT2D eigenvalue weighted by Gasteiger charge is -1.98. The molecule has 0 saturated heterocycles. The van der Waals surface area contributed by atoms with Gasteiger partial charge in [-0.15, -0.1) is 0 Å². The molecule has 1 heterocycles. The molecule has 0 unspecified atom stereocenters. The first-order valence-corrected chi connectivity index (χ1v) is 6.11. The molecule has 0 bridgehead atoms.